The first-order valence-corrected chi connectivity index (χ1v) is 4.47. The maximum atomic E-state index is 11.2. The molecule has 0 N–H and O–H groups in total. The molecule has 1 aromatic carbocycles. The molecule has 3 heteroatoms. The first-order valence-electron chi connectivity index (χ1n) is 4.47. The van der Waals surface area contributed by atoms with Gasteiger partial charge in [-0.15, -0.1) is 0 Å². The van der Waals surface area contributed by atoms with E-state index in [4.69, 9.17) is 4.74 Å². The highest BCUT2D eigenvalue weighted by atomic mass is 16.6. The van der Waals surface area contributed by atoms with Crippen LogP contribution >= 0.6 is 0 Å². The largest absolute Gasteiger partial charge is 0.442 e. The quantitative estimate of drug-likeness (QED) is 0.686. The molecule has 0 fully saturated rings. The molecule has 0 saturated heterocycles. The normalized spacial score (nSPS) is 10.8. The number of hydrogen-bond donors (Lipinski definition) is 0. The van der Waals surface area contributed by atoms with Crippen LogP contribution in [0.4, 0.5) is 10.5 Å². The minimum absolute atomic E-state index is 0.491. The number of carbonyl (C=O) groups is 1. The minimum atomic E-state index is -0.552. The first-order chi connectivity index (χ1) is 6.47. The van der Waals surface area contributed by atoms with Crippen molar-refractivity contribution in [3.8, 4) is 0 Å². The molecule has 0 heterocycles. The van der Waals surface area contributed by atoms with Gasteiger partial charge < -0.3 is 4.74 Å². The van der Waals surface area contributed by atoms with Gasteiger partial charge >= 0.3 is 6.09 Å². The van der Waals surface area contributed by atoms with Gasteiger partial charge in [0.15, 0.2) is 0 Å². The molecule has 1 amide bonds. The second-order valence-corrected chi connectivity index (χ2v) is 3.93. The standard InChI is InChI=1S/C11H14NO2/c1-11(2,3)14-10(13)12-9-7-5-4-6-8-9/h4-8H,1-3H3. The highest BCUT2D eigenvalue weighted by Crippen LogP contribution is 2.11. The average Bonchev–Trinajstić information content (AvgIpc) is 2.02. The van der Waals surface area contributed by atoms with Crippen molar-refractivity contribution in [1.82, 2.24) is 5.32 Å². The van der Waals surface area contributed by atoms with Crippen molar-refractivity contribution in [3.63, 3.8) is 0 Å². The fourth-order valence-corrected chi connectivity index (χ4v) is 0.893. The van der Waals surface area contributed by atoms with Crippen molar-refractivity contribution in [2.24, 2.45) is 0 Å². The zero-order valence-corrected chi connectivity index (χ0v) is 8.65. The summed E-state index contributed by atoms with van der Waals surface area (Å²) in [4.78, 5) is 11.2. The molecule has 0 aromatic heterocycles. The van der Waals surface area contributed by atoms with Crippen LogP contribution in [0.5, 0.6) is 0 Å². The molecule has 1 rings (SSSR count). The van der Waals surface area contributed by atoms with Crippen LogP contribution < -0.4 is 5.32 Å². The van der Waals surface area contributed by atoms with Crippen LogP contribution in [0, 0.1) is 0 Å². The Labute approximate surface area is 84.1 Å². The van der Waals surface area contributed by atoms with Crippen LogP contribution in [0.15, 0.2) is 30.3 Å². The molecule has 0 aliphatic heterocycles. The topological polar surface area (TPSA) is 40.4 Å². The highest BCUT2D eigenvalue weighted by molar-refractivity contribution is 5.73. The van der Waals surface area contributed by atoms with Crippen molar-refractivity contribution >= 4 is 11.8 Å². The molecule has 0 saturated carbocycles. The molecule has 75 valence electrons. The van der Waals surface area contributed by atoms with Crippen LogP contribution in [0.2, 0.25) is 0 Å². The lowest BCUT2D eigenvalue weighted by atomic mass is 10.2. The van der Waals surface area contributed by atoms with Crippen LogP contribution in [-0.2, 0) is 4.74 Å². The van der Waals surface area contributed by atoms with E-state index >= 15 is 0 Å². The monoisotopic (exact) mass is 192 g/mol. The van der Waals surface area contributed by atoms with Gasteiger partial charge in [0, 0.05) is 0 Å². The number of para-hydroxylation sites is 1. The van der Waals surface area contributed by atoms with Crippen molar-refractivity contribution in [2.45, 2.75) is 26.4 Å². The van der Waals surface area contributed by atoms with E-state index in [1.54, 1.807) is 12.1 Å². The second kappa shape index (κ2) is 4.13. The Morgan fingerprint density at radius 2 is 1.79 bits per heavy atom. The summed E-state index contributed by atoms with van der Waals surface area (Å²) in [6.07, 6.45) is -0.552. The van der Waals surface area contributed by atoms with Gasteiger partial charge in [-0.1, -0.05) is 18.2 Å². The van der Waals surface area contributed by atoms with Crippen LogP contribution in [0.3, 0.4) is 0 Å². The number of amides is 1. The Morgan fingerprint density at radius 3 is 2.29 bits per heavy atom. The average molecular weight is 192 g/mol. The Bertz CT molecular complexity index is 301. The lowest BCUT2D eigenvalue weighted by Gasteiger charge is -2.18. The Hall–Kier alpha value is -1.51. The maximum Gasteiger partial charge on any atom is 0.434 e. The molecule has 0 bridgehead atoms. The highest BCUT2D eigenvalue weighted by Gasteiger charge is 2.17. The van der Waals surface area contributed by atoms with E-state index < -0.39 is 11.7 Å². The molecule has 0 spiro atoms. The third-order valence-electron chi connectivity index (χ3n) is 1.37. The fraction of sp³-hybridized carbons (Fsp3) is 0.364. The summed E-state index contributed by atoms with van der Waals surface area (Å²) in [7, 11) is 0. The maximum absolute atomic E-state index is 11.2. The van der Waals surface area contributed by atoms with Gasteiger partial charge in [-0.25, -0.2) is 4.79 Å². The number of rotatable bonds is 1. The predicted octanol–water partition coefficient (Wildman–Crippen LogP) is 2.86. The van der Waals surface area contributed by atoms with Gasteiger partial charge in [-0.2, -0.15) is 5.32 Å². The summed E-state index contributed by atoms with van der Waals surface area (Å²) in [6.45, 7) is 5.43. The van der Waals surface area contributed by atoms with Gasteiger partial charge in [0.25, 0.3) is 0 Å². The minimum Gasteiger partial charge on any atom is -0.442 e. The van der Waals surface area contributed by atoms with E-state index in [0.29, 0.717) is 5.69 Å². The summed E-state index contributed by atoms with van der Waals surface area (Å²) < 4.78 is 5.04. The second-order valence-electron chi connectivity index (χ2n) is 3.93. The van der Waals surface area contributed by atoms with Gasteiger partial charge in [0.1, 0.15) is 5.60 Å². The Morgan fingerprint density at radius 1 is 1.21 bits per heavy atom. The molecule has 14 heavy (non-hydrogen) atoms. The summed E-state index contributed by atoms with van der Waals surface area (Å²) in [5.41, 5.74) is 0.122. The lowest BCUT2D eigenvalue weighted by Crippen LogP contribution is -2.26. The Balaban J connectivity index is 2.50. The summed E-state index contributed by atoms with van der Waals surface area (Å²) >= 11 is 0. The van der Waals surface area contributed by atoms with E-state index in [1.807, 2.05) is 39.0 Å². The molecule has 3 nitrogen and oxygen atoms in total. The van der Waals surface area contributed by atoms with E-state index in [1.165, 1.54) is 0 Å². The number of hydrogen-bond acceptors (Lipinski definition) is 2. The third kappa shape index (κ3) is 3.94. The van der Waals surface area contributed by atoms with Crippen molar-refractivity contribution < 1.29 is 9.53 Å². The summed E-state index contributed by atoms with van der Waals surface area (Å²) in [5.74, 6) is 0. The third-order valence-corrected chi connectivity index (χ3v) is 1.37. The number of ether oxygens (including phenoxy) is 1. The lowest BCUT2D eigenvalue weighted by molar-refractivity contribution is 0.0550. The molecule has 1 radical (unpaired) electrons. The van der Waals surface area contributed by atoms with E-state index in [2.05, 4.69) is 5.32 Å². The molecule has 0 aliphatic carbocycles. The van der Waals surface area contributed by atoms with Crippen LogP contribution in [0.1, 0.15) is 20.8 Å². The number of benzene rings is 1. The van der Waals surface area contributed by atoms with Crippen molar-refractivity contribution in [2.75, 3.05) is 0 Å². The van der Waals surface area contributed by atoms with Gasteiger partial charge in [-0.3, -0.25) is 0 Å². The van der Waals surface area contributed by atoms with Gasteiger partial charge in [0.05, 0.1) is 5.69 Å². The van der Waals surface area contributed by atoms with E-state index in [-0.39, 0.29) is 0 Å². The molecule has 0 atom stereocenters. The first kappa shape index (κ1) is 10.6. The van der Waals surface area contributed by atoms with Crippen LogP contribution in [0.25, 0.3) is 0 Å². The molecular weight excluding hydrogens is 178 g/mol. The number of carbonyl (C=O) groups excluding carboxylic acids is 1. The van der Waals surface area contributed by atoms with Gasteiger partial charge in [-0.05, 0) is 32.9 Å². The SMILES string of the molecule is CC(C)(C)OC(=O)[N]c1ccccc1. The molecule has 1 aromatic rings. The Kier molecular flexibility index (Phi) is 3.12. The molecule has 0 aliphatic rings. The molecular formula is C11H14NO2. The van der Waals surface area contributed by atoms with Crippen LogP contribution in [-0.4, -0.2) is 11.7 Å². The van der Waals surface area contributed by atoms with Gasteiger partial charge in [0.2, 0.25) is 0 Å². The summed E-state index contributed by atoms with van der Waals surface area (Å²) in [5, 5.41) is 3.78. The smallest absolute Gasteiger partial charge is 0.434 e. The van der Waals surface area contributed by atoms with Crippen molar-refractivity contribution in [1.29, 1.82) is 0 Å². The predicted molar refractivity (Wildman–Crippen MR) is 54.5 cm³/mol. The zero-order chi connectivity index (χ0) is 10.6. The van der Waals surface area contributed by atoms with E-state index in [0.717, 1.165) is 0 Å². The fourth-order valence-electron chi connectivity index (χ4n) is 0.893. The van der Waals surface area contributed by atoms with Crippen molar-refractivity contribution in [3.05, 3.63) is 30.3 Å². The number of nitrogens with zero attached hydrogens (tertiary/aromatic N) is 1. The van der Waals surface area contributed by atoms with E-state index in [9.17, 15) is 4.79 Å². The molecule has 0 unspecified atom stereocenters. The zero-order valence-electron chi connectivity index (χ0n) is 8.65. The summed E-state index contributed by atoms with van der Waals surface area (Å²) in [6, 6.07) is 9.02.